The number of carboxylic acids is 1. The summed E-state index contributed by atoms with van der Waals surface area (Å²) in [4.78, 5) is 10.4. The molecule has 0 saturated carbocycles. The van der Waals surface area contributed by atoms with E-state index >= 15 is 0 Å². The van der Waals surface area contributed by atoms with Gasteiger partial charge in [0.1, 0.15) is 0 Å². The van der Waals surface area contributed by atoms with Crippen LogP contribution < -0.4 is 0 Å². The fraction of sp³-hybridized carbons (Fsp3) is 0.222. The first kappa shape index (κ1) is 13.4. The van der Waals surface area contributed by atoms with Gasteiger partial charge in [-0.05, 0) is 11.6 Å². The maximum atomic E-state index is 13.1. The number of hydrogen-bond acceptors (Lipinski definition) is 2. The van der Waals surface area contributed by atoms with Crippen molar-refractivity contribution in [2.75, 3.05) is 0 Å². The van der Waals surface area contributed by atoms with Crippen molar-refractivity contribution in [3.8, 4) is 0 Å². The molecule has 3 nitrogen and oxygen atoms in total. The van der Waals surface area contributed by atoms with Crippen molar-refractivity contribution in [2.45, 2.75) is 12.5 Å². The van der Waals surface area contributed by atoms with Crippen LogP contribution in [0.2, 0.25) is 0 Å². The zero-order valence-electron chi connectivity index (χ0n) is 8.13. The van der Waals surface area contributed by atoms with Crippen molar-refractivity contribution in [1.82, 2.24) is 5.34 Å². The van der Waals surface area contributed by atoms with Crippen molar-refractivity contribution in [3.05, 3.63) is 35.1 Å². The molecule has 1 N–H and O–H groups in total. The van der Waals surface area contributed by atoms with Gasteiger partial charge in [0.05, 0.1) is 0 Å². The van der Waals surface area contributed by atoms with E-state index < -0.39 is 46.8 Å². The highest BCUT2D eigenvalue weighted by Crippen LogP contribution is 2.18. The summed E-state index contributed by atoms with van der Waals surface area (Å²) in [6.45, 7) is 0. The lowest BCUT2D eigenvalue weighted by atomic mass is 10.1. The van der Waals surface area contributed by atoms with Crippen LogP contribution in [0.1, 0.15) is 5.56 Å². The third kappa shape index (κ3) is 2.90. The molecule has 0 aromatic heterocycles. The summed E-state index contributed by atoms with van der Waals surface area (Å²) in [5.41, 5.74) is -0.642. The number of halogens is 5. The Balaban J connectivity index is 3.02. The Kier molecular flexibility index (Phi) is 4.00. The highest BCUT2D eigenvalue weighted by molar-refractivity contribution is 5.73. The predicted octanol–water partition coefficient (Wildman–Crippen LogP) is 2.17. The predicted molar refractivity (Wildman–Crippen MR) is 45.5 cm³/mol. The lowest BCUT2D eigenvalue weighted by Gasteiger charge is -2.12. The number of carbonyl (C=O) groups is 1. The molecule has 0 aliphatic rings. The quantitative estimate of drug-likeness (QED) is 0.509. The van der Waals surface area contributed by atoms with Crippen molar-refractivity contribution in [3.63, 3.8) is 0 Å². The average Bonchev–Trinajstić information content (AvgIpc) is 2.24. The van der Waals surface area contributed by atoms with E-state index in [1.807, 2.05) is 0 Å². The van der Waals surface area contributed by atoms with Gasteiger partial charge in [-0.25, -0.2) is 13.2 Å². The van der Waals surface area contributed by atoms with Crippen molar-refractivity contribution < 1.29 is 32.0 Å². The monoisotopic (exact) mass is 255 g/mol. The Hall–Kier alpha value is -1.70. The first-order valence-electron chi connectivity index (χ1n) is 4.30. The molecule has 0 spiro atoms. The van der Waals surface area contributed by atoms with Gasteiger partial charge in [0, 0.05) is 11.8 Å². The van der Waals surface area contributed by atoms with Crippen LogP contribution in [0.4, 0.5) is 22.1 Å². The van der Waals surface area contributed by atoms with E-state index in [9.17, 15) is 26.9 Å². The molecule has 0 bridgehead atoms. The summed E-state index contributed by atoms with van der Waals surface area (Å²) in [6.07, 6.45) is -0.981. The molecule has 0 amide bonds. The molecule has 1 aromatic rings. The molecular weight excluding hydrogens is 249 g/mol. The van der Waals surface area contributed by atoms with E-state index in [1.165, 1.54) is 0 Å². The Labute approximate surface area is 91.9 Å². The van der Waals surface area contributed by atoms with Crippen LogP contribution in [0, 0.1) is 17.5 Å². The van der Waals surface area contributed by atoms with Gasteiger partial charge in [-0.2, -0.15) is 0 Å². The Morgan fingerprint density at radius 3 is 2.29 bits per heavy atom. The van der Waals surface area contributed by atoms with Gasteiger partial charge in [-0.15, -0.1) is 8.96 Å². The Morgan fingerprint density at radius 1 is 1.24 bits per heavy atom. The highest BCUT2D eigenvalue weighted by atomic mass is 19.4. The van der Waals surface area contributed by atoms with E-state index in [2.05, 4.69) is 0 Å². The molecule has 0 unspecified atom stereocenters. The molecule has 94 valence electrons. The standard InChI is InChI=1S/C9H6F5NO2/c10-5-2-1-4(7(11)8(5)12)3-6(9(16)17)15(13)14/h1-2,6H,3H2,(H,16,17)/t6-/m0/s1. The maximum absolute atomic E-state index is 13.1. The minimum Gasteiger partial charge on any atom is -0.480 e. The average molecular weight is 255 g/mol. The van der Waals surface area contributed by atoms with Gasteiger partial charge >= 0.3 is 5.97 Å². The van der Waals surface area contributed by atoms with E-state index in [0.29, 0.717) is 12.1 Å². The van der Waals surface area contributed by atoms with Crippen LogP contribution in [-0.4, -0.2) is 22.5 Å². The second-order valence-electron chi connectivity index (χ2n) is 3.15. The molecule has 1 rings (SSSR count). The lowest BCUT2D eigenvalue weighted by Crippen LogP contribution is -2.33. The molecule has 17 heavy (non-hydrogen) atoms. The van der Waals surface area contributed by atoms with E-state index in [1.54, 1.807) is 0 Å². The summed E-state index contributed by atoms with van der Waals surface area (Å²) >= 11 is 0. The smallest absolute Gasteiger partial charge is 0.326 e. The van der Waals surface area contributed by atoms with E-state index in [4.69, 9.17) is 5.11 Å². The van der Waals surface area contributed by atoms with Crippen molar-refractivity contribution >= 4 is 5.97 Å². The molecule has 0 aliphatic carbocycles. The van der Waals surface area contributed by atoms with Crippen LogP contribution in [0.5, 0.6) is 0 Å². The Bertz CT molecular complexity index is 438. The number of nitrogens with zero attached hydrogens (tertiary/aromatic N) is 1. The highest BCUT2D eigenvalue weighted by Gasteiger charge is 2.28. The number of hydrogen-bond donors (Lipinski definition) is 1. The van der Waals surface area contributed by atoms with Crippen molar-refractivity contribution in [2.24, 2.45) is 0 Å². The maximum Gasteiger partial charge on any atom is 0.326 e. The Morgan fingerprint density at radius 2 is 1.82 bits per heavy atom. The van der Waals surface area contributed by atoms with Crippen LogP contribution in [0.3, 0.4) is 0 Å². The normalized spacial score (nSPS) is 12.8. The van der Waals surface area contributed by atoms with Gasteiger partial charge in [-0.1, -0.05) is 6.07 Å². The third-order valence-corrected chi connectivity index (χ3v) is 2.05. The SMILES string of the molecule is O=C(O)[C@H](Cc1ccc(F)c(F)c1F)N(F)F. The number of carboxylic acid groups (broad SMARTS) is 1. The van der Waals surface area contributed by atoms with Crippen LogP contribution >= 0.6 is 0 Å². The summed E-state index contributed by atoms with van der Waals surface area (Å²) in [5.74, 6) is -6.87. The topological polar surface area (TPSA) is 40.5 Å². The van der Waals surface area contributed by atoms with Crippen LogP contribution in [0.15, 0.2) is 12.1 Å². The second kappa shape index (κ2) is 5.09. The third-order valence-electron chi connectivity index (χ3n) is 2.05. The molecule has 1 atom stereocenters. The number of rotatable bonds is 4. The van der Waals surface area contributed by atoms with Crippen LogP contribution in [-0.2, 0) is 11.2 Å². The molecule has 1 aromatic carbocycles. The van der Waals surface area contributed by atoms with E-state index in [0.717, 1.165) is 0 Å². The fourth-order valence-electron chi connectivity index (χ4n) is 1.17. The first-order valence-corrected chi connectivity index (χ1v) is 4.30. The van der Waals surface area contributed by atoms with Gasteiger partial charge in [-0.3, -0.25) is 4.79 Å². The molecule has 0 heterocycles. The molecule has 0 saturated heterocycles. The summed E-state index contributed by atoms with van der Waals surface area (Å²) in [7, 11) is 0. The fourth-order valence-corrected chi connectivity index (χ4v) is 1.17. The minimum atomic E-state index is -2.32. The zero-order chi connectivity index (χ0) is 13.2. The van der Waals surface area contributed by atoms with Crippen molar-refractivity contribution in [1.29, 1.82) is 0 Å². The largest absolute Gasteiger partial charge is 0.480 e. The minimum absolute atomic E-state index is 0.535. The zero-order valence-corrected chi connectivity index (χ0v) is 8.13. The molecule has 0 aliphatic heterocycles. The molecule has 8 heteroatoms. The van der Waals surface area contributed by atoms with Gasteiger partial charge < -0.3 is 5.11 Å². The molecular formula is C9H6F5NO2. The molecule has 0 radical (unpaired) electrons. The number of aliphatic carboxylic acids is 1. The summed E-state index contributed by atoms with van der Waals surface area (Å²) < 4.78 is 62.6. The van der Waals surface area contributed by atoms with Gasteiger partial charge in [0.15, 0.2) is 23.5 Å². The summed E-state index contributed by atoms with van der Waals surface area (Å²) in [5, 5.41) is 6.77. The molecule has 0 fully saturated rings. The van der Waals surface area contributed by atoms with Gasteiger partial charge in [0.2, 0.25) is 0 Å². The summed E-state index contributed by atoms with van der Waals surface area (Å²) in [6, 6.07) is -1.07. The lowest BCUT2D eigenvalue weighted by molar-refractivity contribution is -0.201. The first-order chi connectivity index (χ1) is 7.84. The van der Waals surface area contributed by atoms with E-state index in [-0.39, 0.29) is 0 Å². The number of benzene rings is 1. The van der Waals surface area contributed by atoms with Gasteiger partial charge in [0.25, 0.3) is 0 Å². The van der Waals surface area contributed by atoms with Crippen LogP contribution in [0.25, 0.3) is 0 Å². The second-order valence-corrected chi connectivity index (χ2v) is 3.15.